The molecule has 1 aromatic carbocycles. The monoisotopic (exact) mass is 330 g/mol. The molecule has 2 fully saturated rings. The number of aromatic hydroxyl groups is 1. The summed E-state index contributed by atoms with van der Waals surface area (Å²) in [5, 5.41) is 12.3. The number of hydrogen-bond acceptors (Lipinski definition) is 4. The molecule has 24 heavy (non-hydrogen) atoms. The molecule has 2 aliphatic rings. The highest BCUT2D eigenvalue weighted by Crippen LogP contribution is 2.25. The Morgan fingerprint density at radius 3 is 2.33 bits per heavy atom. The molecule has 3 rings (SSSR count). The minimum Gasteiger partial charge on any atom is -0.508 e. The topological polar surface area (TPSA) is 69.6 Å². The highest BCUT2D eigenvalue weighted by Gasteiger charge is 2.27. The van der Waals surface area contributed by atoms with Gasteiger partial charge in [0.2, 0.25) is 5.91 Å². The number of nitrogens with one attached hydrogen (secondary N) is 1. The molecule has 2 N–H and O–H groups in total. The highest BCUT2D eigenvalue weighted by molar-refractivity contribution is 5.98. The smallest absolute Gasteiger partial charge is 0.234 e. The summed E-state index contributed by atoms with van der Waals surface area (Å²) in [5.41, 5.74) is 0.657. The Hall–Kier alpha value is -1.88. The van der Waals surface area contributed by atoms with Gasteiger partial charge in [-0.2, -0.15) is 0 Å². The molecular formula is C19H26N2O3. The Kier molecular flexibility index (Phi) is 5.51. The molecule has 0 unspecified atom stereocenters. The third-order valence-electron chi connectivity index (χ3n) is 5.29. The van der Waals surface area contributed by atoms with Gasteiger partial charge in [0.1, 0.15) is 5.75 Å². The first-order valence-electron chi connectivity index (χ1n) is 8.94. The van der Waals surface area contributed by atoms with Crippen LogP contribution >= 0.6 is 0 Å². The van der Waals surface area contributed by atoms with Gasteiger partial charge in [0.25, 0.3) is 0 Å². The van der Waals surface area contributed by atoms with E-state index in [0.717, 1.165) is 32.5 Å². The number of rotatable bonds is 6. The van der Waals surface area contributed by atoms with Gasteiger partial charge < -0.3 is 10.4 Å². The predicted molar refractivity (Wildman–Crippen MR) is 92.0 cm³/mol. The van der Waals surface area contributed by atoms with Crippen LogP contribution in [0.5, 0.6) is 5.75 Å². The summed E-state index contributed by atoms with van der Waals surface area (Å²) in [6.45, 7) is 2.82. The van der Waals surface area contributed by atoms with Gasteiger partial charge in [-0.1, -0.05) is 6.42 Å². The van der Waals surface area contributed by atoms with E-state index < -0.39 is 0 Å². The number of Topliss-reactive ketones (excluding diaryl/α,β-unsaturated/α-hetero) is 1. The summed E-state index contributed by atoms with van der Waals surface area (Å²) in [6.07, 6.45) is 5.35. The van der Waals surface area contributed by atoms with Crippen LogP contribution in [0.2, 0.25) is 0 Å². The third kappa shape index (κ3) is 4.35. The first-order valence-corrected chi connectivity index (χ1v) is 8.94. The van der Waals surface area contributed by atoms with Gasteiger partial charge in [0.15, 0.2) is 5.78 Å². The van der Waals surface area contributed by atoms with E-state index in [1.807, 2.05) is 0 Å². The first-order chi connectivity index (χ1) is 11.6. The molecule has 5 heteroatoms. The van der Waals surface area contributed by atoms with Crippen LogP contribution in [0.1, 0.15) is 42.5 Å². The average molecular weight is 330 g/mol. The Bertz CT molecular complexity index is 573. The van der Waals surface area contributed by atoms with Crippen molar-refractivity contribution in [3.63, 3.8) is 0 Å². The molecule has 0 atom stereocenters. The van der Waals surface area contributed by atoms with Crippen molar-refractivity contribution in [3.8, 4) is 5.75 Å². The first kappa shape index (κ1) is 17.0. The molecule has 0 aromatic heterocycles. The van der Waals surface area contributed by atoms with Crippen LogP contribution in [0, 0.1) is 11.8 Å². The number of carbonyl (C=O) groups is 2. The molecule has 1 saturated heterocycles. The Labute approximate surface area is 143 Å². The Morgan fingerprint density at radius 2 is 1.75 bits per heavy atom. The molecule has 1 aliphatic heterocycles. The Morgan fingerprint density at radius 1 is 1.08 bits per heavy atom. The van der Waals surface area contributed by atoms with Crippen LogP contribution in [0.3, 0.4) is 0 Å². The third-order valence-corrected chi connectivity index (χ3v) is 5.29. The second-order valence-electron chi connectivity index (χ2n) is 7.06. The van der Waals surface area contributed by atoms with E-state index in [0.29, 0.717) is 18.0 Å². The zero-order valence-corrected chi connectivity index (χ0v) is 14.0. The predicted octanol–water partition coefficient (Wildman–Crippen LogP) is 2.20. The highest BCUT2D eigenvalue weighted by atomic mass is 16.3. The number of phenolic OH excluding ortho intramolecular Hbond substituents is 1. The zero-order valence-electron chi connectivity index (χ0n) is 14.0. The average Bonchev–Trinajstić information content (AvgIpc) is 2.54. The van der Waals surface area contributed by atoms with Crippen LogP contribution in [0.4, 0.5) is 0 Å². The summed E-state index contributed by atoms with van der Waals surface area (Å²) in [7, 11) is 0. The minimum atomic E-state index is 0.0174. The molecule has 1 aromatic rings. The molecular weight excluding hydrogens is 304 g/mol. The molecule has 0 spiro atoms. The van der Waals surface area contributed by atoms with E-state index in [4.69, 9.17) is 0 Å². The Balaban J connectivity index is 1.40. The van der Waals surface area contributed by atoms with E-state index in [1.165, 1.54) is 19.3 Å². The van der Waals surface area contributed by atoms with Gasteiger partial charge in [-0.05, 0) is 69.0 Å². The summed E-state index contributed by atoms with van der Waals surface area (Å²) < 4.78 is 0. The molecule has 130 valence electrons. The number of hydrogen-bond donors (Lipinski definition) is 2. The van der Waals surface area contributed by atoms with Crippen LogP contribution < -0.4 is 5.32 Å². The van der Waals surface area contributed by atoms with Crippen LogP contribution in [0.25, 0.3) is 0 Å². The van der Waals surface area contributed by atoms with Crippen LogP contribution in [0.15, 0.2) is 24.3 Å². The van der Waals surface area contributed by atoms with Gasteiger partial charge in [0.05, 0.1) is 6.54 Å². The fourth-order valence-corrected chi connectivity index (χ4v) is 3.43. The molecule has 0 bridgehead atoms. The number of nitrogens with zero attached hydrogens (tertiary/aromatic N) is 1. The number of amides is 1. The molecule has 1 aliphatic carbocycles. The van der Waals surface area contributed by atoms with Crippen molar-refractivity contribution < 1.29 is 14.7 Å². The van der Waals surface area contributed by atoms with Crippen molar-refractivity contribution in [1.82, 2.24) is 10.2 Å². The van der Waals surface area contributed by atoms with E-state index in [2.05, 4.69) is 10.2 Å². The fraction of sp³-hybridized carbons (Fsp3) is 0.579. The van der Waals surface area contributed by atoms with Crippen molar-refractivity contribution in [2.45, 2.75) is 32.1 Å². The van der Waals surface area contributed by atoms with Gasteiger partial charge in [-0.25, -0.2) is 0 Å². The maximum atomic E-state index is 12.5. The van der Waals surface area contributed by atoms with Crippen molar-refractivity contribution in [2.24, 2.45) is 11.8 Å². The number of piperidine rings is 1. The lowest BCUT2D eigenvalue weighted by atomic mass is 9.85. The van der Waals surface area contributed by atoms with Gasteiger partial charge in [0, 0.05) is 18.0 Å². The van der Waals surface area contributed by atoms with Crippen LogP contribution in [-0.4, -0.2) is 47.9 Å². The maximum Gasteiger partial charge on any atom is 0.234 e. The summed E-state index contributed by atoms with van der Waals surface area (Å²) in [6, 6.07) is 6.46. The van der Waals surface area contributed by atoms with E-state index in [-0.39, 0.29) is 23.4 Å². The van der Waals surface area contributed by atoms with Crippen molar-refractivity contribution in [1.29, 1.82) is 0 Å². The van der Waals surface area contributed by atoms with Gasteiger partial charge in [-0.3, -0.25) is 14.5 Å². The number of phenols is 1. The summed E-state index contributed by atoms with van der Waals surface area (Å²) in [5.74, 6) is 1.12. The van der Waals surface area contributed by atoms with Crippen molar-refractivity contribution in [2.75, 3.05) is 26.2 Å². The zero-order chi connectivity index (χ0) is 16.9. The standard InChI is InChI=1S/C19H26N2O3/c22-17-6-4-15(5-7-17)19(24)16-8-10-21(11-9-16)13-18(23)20-12-14-2-1-3-14/h4-7,14,16,22H,1-3,8-13H2,(H,20,23). The summed E-state index contributed by atoms with van der Waals surface area (Å²) >= 11 is 0. The summed E-state index contributed by atoms with van der Waals surface area (Å²) in [4.78, 5) is 26.6. The number of carbonyl (C=O) groups excluding carboxylic acids is 2. The largest absolute Gasteiger partial charge is 0.508 e. The second kappa shape index (κ2) is 7.79. The van der Waals surface area contributed by atoms with E-state index >= 15 is 0 Å². The lowest BCUT2D eigenvalue weighted by Gasteiger charge is -2.31. The maximum absolute atomic E-state index is 12.5. The molecule has 5 nitrogen and oxygen atoms in total. The molecule has 1 amide bonds. The quantitative estimate of drug-likeness (QED) is 0.785. The molecule has 1 heterocycles. The van der Waals surface area contributed by atoms with E-state index in [1.54, 1.807) is 24.3 Å². The number of likely N-dealkylation sites (tertiary alicyclic amines) is 1. The van der Waals surface area contributed by atoms with Crippen LogP contribution in [-0.2, 0) is 4.79 Å². The van der Waals surface area contributed by atoms with Crippen molar-refractivity contribution in [3.05, 3.63) is 29.8 Å². The number of ketones is 1. The normalized spacial score (nSPS) is 19.7. The van der Waals surface area contributed by atoms with Gasteiger partial charge >= 0.3 is 0 Å². The fourth-order valence-electron chi connectivity index (χ4n) is 3.43. The second-order valence-corrected chi connectivity index (χ2v) is 7.06. The van der Waals surface area contributed by atoms with Crippen molar-refractivity contribution >= 4 is 11.7 Å². The minimum absolute atomic E-state index is 0.0174. The van der Waals surface area contributed by atoms with E-state index in [9.17, 15) is 14.7 Å². The SMILES string of the molecule is O=C(CN1CCC(C(=O)c2ccc(O)cc2)CC1)NCC1CCC1. The molecule has 1 saturated carbocycles. The number of benzene rings is 1. The molecule has 0 radical (unpaired) electrons. The lowest BCUT2D eigenvalue weighted by molar-refractivity contribution is -0.122. The van der Waals surface area contributed by atoms with Gasteiger partial charge in [-0.15, -0.1) is 0 Å². The lowest BCUT2D eigenvalue weighted by Crippen LogP contribution is -2.44.